The highest BCUT2D eigenvalue weighted by molar-refractivity contribution is 7.20. The van der Waals surface area contributed by atoms with Crippen LogP contribution in [0.3, 0.4) is 0 Å². The Hall–Kier alpha value is -1.50. The molecule has 0 fully saturated rings. The fraction of sp³-hybridized carbons (Fsp3) is 0.286. The number of nitrogens with zero attached hydrogens (tertiary/aromatic N) is 3. The summed E-state index contributed by atoms with van der Waals surface area (Å²) in [5.74, 6) is -0.851. The average molecular weight is 214 g/mol. The maximum Gasteiger partial charge on any atom is 0.311 e. The summed E-state index contributed by atoms with van der Waals surface area (Å²) in [5.41, 5.74) is -0.661. The van der Waals surface area contributed by atoms with Crippen LogP contribution in [0.4, 0.5) is 9.52 Å². The maximum atomic E-state index is 13.1. The molecule has 0 amide bonds. The van der Waals surface area contributed by atoms with E-state index in [2.05, 4.69) is 15.4 Å². The SMILES string of the molecule is CNc1nn2c(=O)c(F)c(C)nc2s1. The Morgan fingerprint density at radius 3 is 2.93 bits per heavy atom. The minimum absolute atomic E-state index is 0.0984. The lowest BCUT2D eigenvalue weighted by Gasteiger charge is -1.93. The van der Waals surface area contributed by atoms with Gasteiger partial charge in [-0.1, -0.05) is 11.3 Å². The average Bonchev–Trinajstić information content (AvgIpc) is 2.57. The van der Waals surface area contributed by atoms with Crippen molar-refractivity contribution in [3.63, 3.8) is 0 Å². The number of anilines is 1. The van der Waals surface area contributed by atoms with E-state index >= 15 is 0 Å². The molecule has 0 saturated heterocycles. The van der Waals surface area contributed by atoms with Crippen molar-refractivity contribution in [1.29, 1.82) is 0 Å². The summed E-state index contributed by atoms with van der Waals surface area (Å²) in [7, 11) is 1.67. The van der Waals surface area contributed by atoms with Crippen molar-refractivity contribution in [3.8, 4) is 0 Å². The van der Waals surface area contributed by atoms with Gasteiger partial charge in [0.1, 0.15) is 0 Å². The van der Waals surface area contributed by atoms with Crippen LogP contribution in [0.1, 0.15) is 5.69 Å². The zero-order chi connectivity index (χ0) is 10.3. The number of halogens is 1. The zero-order valence-electron chi connectivity index (χ0n) is 7.54. The number of rotatable bonds is 1. The fourth-order valence-electron chi connectivity index (χ4n) is 1.03. The molecule has 0 radical (unpaired) electrons. The Labute approximate surface area is 82.2 Å². The summed E-state index contributed by atoms with van der Waals surface area (Å²) in [6.07, 6.45) is 0. The summed E-state index contributed by atoms with van der Waals surface area (Å²) >= 11 is 1.20. The van der Waals surface area contributed by atoms with Gasteiger partial charge >= 0.3 is 5.56 Å². The lowest BCUT2D eigenvalue weighted by atomic mass is 10.4. The van der Waals surface area contributed by atoms with Gasteiger partial charge in [-0.3, -0.25) is 4.79 Å². The monoisotopic (exact) mass is 214 g/mol. The van der Waals surface area contributed by atoms with Gasteiger partial charge in [0, 0.05) is 7.05 Å². The largest absolute Gasteiger partial charge is 0.363 e. The molecule has 0 aliphatic carbocycles. The zero-order valence-corrected chi connectivity index (χ0v) is 8.35. The molecule has 5 nitrogen and oxygen atoms in total. The summed E-state index contributed by atoms with van der Waals surface area (Å²) in [6.45, 7) is 1.45. The van der Waals surface area contributed by atoms with Crippen molar-refractivity contribution >= 4 is 21.4 Å². The van der Waals surface area contributed by atoms with E-state index in [0.717, 1.165) is 4.52 Å². The van der Waals surface area contributed by atoms with Crippen molar-refractivity contribution in [2.45, 2.75) is 6.92 Å². The summed E-state index contributed by atoms with van der Waals surface area (Å²) < 4.78 is 14.1. The molecule has 14 heavy (non-hydrogen) atoms. The highest BCUT2D eigenvalue weighted by atomic mass is 32.1. The van der Waals surface area contributed by atoms with E-state index in [1.54, 1.807) is 7.05 Å². The Morgan fingerprint density at radius 2 is 2.29 bits per heavy atom. The highest BCUT2D eigenvalue weighted by Crippen LogP contribution is 2.15. The predicted molar refractivity (Wildman–Crippen MR) is 51.4 cm³/mol. The van der Waals surface area contributed by atoms with E-state index in [1.807, 2.05) is 0 Å². The Morgan fingerprint density at radius 1 is 1.57 bits per heavy atom. The lowest BCUT2D eigenvalue weighted by Crippen LogP contribution is -2.20. The highest BCUT2D eigenvalue weighted by Gasteiger charge is 2.12. The molecule has 1 N–H and O–H groups in total. The van der Waals surface area contributed by atoms with Crippen LogP contribution in [-0.4, -0.2) is 21.6 Å². The molecular formula is C7H7FN4OS. The standard InChI is InChI=1S/C7H7FN4OS/c1-3-4(8)5(13)12-7(10-3)14-6(9-2)11-12/h1-2H3,(H,9,11). The third-order valence-corrected chi connectivity index (χ3v) is 2.66. The lowest BCUT2D eigenvalue weighted by molar-refractivity contribution is 0.580. The molecular weight excluding hydrogens is 207 g/mol. The first-order chi connectivity index (χ1) is 6.63. The van der Waals surface area contributed by atoms with E-state index < -0.39 is 11.4 Å². The molecule has 74 valence electrons. The van der Waals surface area contributed by atoms with Crippen LogP contribution in [-0.2, 0) is 0 Å². The second-order valence-corrected chi connectivity index (χ2v) is 3.62. The quantitative estimate of drug-likeness (QED) is 0.756. The van der Waals surface area contributed by atoms with Crippen molar-refractivity contribution < 1.29 is 4.39 Å². The summed E-state index contributed by atoms with van der Waals surface area (Å²) in [4.78, 5) is 15.6. The van der Waals surface area contributed by atoms with Crippen LogP contribution in [0, 0.1) is 12.7 Å². The van der Waals surface area contributed by atoms with Crippen LogP contribution in [0.2, 0.25) is 0 Å². The topological polar surface area (TPSA) is 59.3 Å². The molecule has 0 atom stereocenters. The van der Waals surface area contributed by atoms with Crippen molar-refractivity contribution in [2.24, 2.45) is 0 Å². The Kier molecular flexibility index (Phi) is 1.95. The van der Waals surface area contributed by atoms with Gasteiger partial charge in [0.25, 0.3) is 0 Å². The fourth-order valence-corrected chi connectivity index (χ4v) is 1.82. The van der Waals surface area contributed by atoms with Gasteiger partial charge < -0.3 is 5.32 Å². The summed E-state index contributed by atoms with van der Waals surface area (Å²) in [6, 6.07) is 0. The second kappa shape index (κ2) is 3.02. The molecule has 0 saturated carbocycles. The van der Waals surface area contributed by atoms with Gasteiger partial charge in [0.05, 0.1) is 5.69 Å². The van der Waals surface area contributed by atoms with Crippen LogP contribution in [0.15, 0.2) is 4.79 Å². The van der Waals surface area contributed by atoms with E-state index in [1.165, 1.54) is 18.3 Å². The molecule has 2 rings (SSSR count). The van der Waals surface area contributed by atoms with Crippen LogP contribution in [0.25, 0.3) is 4.96 Å². The van der Waals surface area contributed by atoms with E-state index in [4.69, 9.17) is 0 Å². The predicted octanol–water partition coefficient (Wildman–Crippen LogP) is 0.640. The number of aryl methyl sites for hydroxylation is 1. The molecule has 2 heterocycles. The van der Waals surface area contributed by atoms with Crippen molar-refractivity contribution in [3.05, 3.63) is 21.9 Å². The normalized spacial score (nSPS) is 10.8. The van der Waals surface area contributed by atoms with Crippen LogP contribution >= 0.6 is 11.3 Å². The van der Waals surface area contributed by atoms with Gasteiger partial charge in [0.15, 0.2) is 0 Å². The summed E-state index contributed by atoms with van der Waals surface area (Å²) in [5, 5.41) is 7.14. The van der Waals surface area contributed by atoms with Crippen molar-refractivity contribution in [1.82, 2.24) is 14.6 Å². The van der Waals surface area contributed by atoms with Crippen molar-refractivity contribution in [2.75, 3.05) is 12.4 Å². The van der Waals surface area contributed by atoms with Gasteiger partial charge in [-0.15, -0.1) is 5.10 Å². The molecule has 0 aromatic carbocycles. The minimum atomic E-state index is -0.851. The molecule has 0 unspecified atom stereocenters. The molecule has 0 bridgehead atoms. The van der Waals surface area contributed by atoms with E-state index in [-0.39, 0.29) is 5.69 Å². The number of nitrogens with one attached hydrogen (secondary N) is 1. The maximum absolute atomic E-state index is 13.1. The third-order valence-electron chi connectivity index (χ3n) is 1.73. The molecule has 0 aliphatic heterocycles. The van der Waals surface area contributed by atoms with Gasteiger partial charge in [-0.2, -0.15) is 8.91 Å². The first kappa shape index (κ1) is 9.07. The number of fused-ring (bicyclic) bond motifs is 1. The van der Waals surface area contributed by atoms with Gasteiger partial charge in [-0.25, -0.2) is 4.98 Å². The number of hydrogen-bond donors (Lipinski definition) is 1. The molecule has 2 aromatic heterocycles. The smallest absolute Gasteiger partial charge is 0.311 e. The van der Waals surface area contributed by atoms with Crippen LogP contribution < -0.4 is 10.9 Å². The number of hydrogen-bond acceptors (Lipinski definition) is 5. The number of aromatic nitrogens is 3. The Bertz CT molecular complexity index is 546. The first-order valence-electron chi connectivity index (χ1n) is 3.87. The minimum Gasteiger partial charge on any atom is -0.363 e. The Balaban J connectivity index is 2.88. The van der Waals surface area contributed by atoms with Crippen LogP contribution in [0.5, 0.6) is 0 Å². The third kappa shape index (κ3) is 1.17. The van der Waals surface area contributed by atoms with Gasteiger partial charge in [-0.05, 0) is 6.92 Å². The molecule has 0 spiro atoms. The molecule has 2 aromatic rings. The first-order valence-corrected chi connectivity index (χ1v) is 4.69. The van der Waals surface area contributed by atoms with E-state index in [0.29, 0.717) is 10.1 Å². The second-order valence-electron chi connectivity index (χ2n) is 2.67. The van der Waals surface area contributed by atoms with E-state index in [9.17, 15) is 9.18 Å². The molecule has 0 aliphatic rings. The van der Waals surface area contributed by atoms with Gasteiger partial charge in [0.2, 0.25) is 15.9 Å². The molecule has 7 heteroatoms.